The molecule has 0 atom stereocenters. The fourth-order valence-corrected chi connectivity index (χ4v) is 3.23. The first-order chi connectivity index (χ1) is 15.9. The van der Waals surface area contributed by atoms with Crippen molar-refractivity contribution < 1.29 is 43.0 Å². The van der Waals surface area contributed by atoms with Crippen LogP contribution in [-0.4, -0.2) is 40.3 Å². The maximum absolute atomic E-state index is 12.1. The lowest BCUT2D eigenvalue weighted by molar-refractivity contribution is -0.143. The van der Waals surface area contributed by atoms with Crippen LogP contribution in [0, 0.1) is 0 Å². The van der Waals surface area contributed by atoms with Crippen LogP contribution in [0.3, 0.4) is 0 Å². The molecule has 0 unspecified atom stereocenters. The van der Waals surface area contributed by atoms with Gasteiger partial charge in [0.1, 0.15) is 23.8 Å². The smallest absolute Gasteiger partial charge is 0.310 e. The maximum atomic E-state index is 12.1. The number of ether oxygens (including phenoxy) is 3. The van der Waals surface area contributed by atoms with Crippen LogP contribution in [0.5, 0.6) is 11.5 Å². The third-order valence-corrected chi connectivity index (χ3v) is 5.20. The van der Waals surface area contributed by atoms with Gasteiger partial charge in [0.15, 0.2) is 0 Å². The van der Waals surface area contributed by atoms with E-state index in [1.54, 1.807) is 0 Å². The Morgan fingerprint density at radius 3 is 1.91 bits per heavy atom. The molecule has 0 saturated heterocycles. The Morgan fingerprint density at radius 1 is 0.706 bits per heavy atom. The second-order valence-electron chi connectivity index (χ2n) is 8.88. The average Bonchev–Trinajstić information content (AvgIpc) is 2.81. The van der Waals surface area contributed by atoms with Crippen LogP contribution >= 0.6 is 0 Å². The fraction of sp³-hybridized carbons (Fsp3) is 0.321. The molecule has 6 heteroatoms. The number of esters is 1. The molecule has 3 aromatic rings. The molecule has 3 rings (SSSR count). The Kier molecular flexibility index (Phi) is 11.4. The molecule has 0 radical (unpaired) electrons. The molecule has 0 saturated carbocycles. The van der Waals surface area contributed by atoms with Gasteiger partial charge in [-0.15, -0.1) is 0 Å². The second-order valence-corrected chi connectivity index (χ2v) is 8.88. The highest BCUT2D eigenvalue weighted by Crippen LogP contribution is 2.19. The number of carbonyl (C=O) groups excluding carboxylic acids is 1. The third kappa shape index (κ3) is 9.73. The van der Waals surface area contributed by atoms with Crippen LogP contribution in [0.2, 0.25) is 0 Å². The van der Waals surface area contributed by atoms with Gasteiger partial charge in [-0.3, -0.25) is 9.28 Å². The van der Waals surface area contributed by atoms with Gasteiger partial charge in [-0.2, -0.15) is 0 Å². The third-order valence-electron chi connectivity index (χ3n) is 5.20. The van der Waals surface area contributed by atoms with Gasteiger partial charge in [-0.25, -0.2) is 0 Å². The molecule has 0 spiro atoms. The number of carbonyl (C=O) groups is 1. The molecule has 0 amide bonds. The van der Waals surface area contributed by atoms with Crippen molar-refractivity contribution >= 4 is 11.7 Å². The van der Waals surface area contributed by atoms with E-state index in [1.807, 2.05) is 66.7 Å². The lowest BCUT2D eigenvalue weighted by Crippen LogP contribution is -3.00. The minimum absolute atomic E-state index is 0. The Balaban J connectivity index is 0.00000408. The predicted molar refractivity (Wildman–Crippen MR) is 133 cm³/mol. The zero-order valence-corrected chi connectivity index (χ0v) is 22.4. The van der Waals surface area contributed by atoms with E-state index in [9.17, 15) is 4.79 Å². The number of quaternary nitrogens is 1. The van der Waals surface area contributed by atoms with E-state index < -0.39 is 0 Å². The first kappa shape index (κ1) is 27.7. The Labute approximate surface area is 220 Å². The number of halogens is 1. The summed E-state index contributed by atoms with van der Waals surface area (Å²) in [6.07, 6.45) is 1.88. The standard InChI is InChI=1S/C28H34NO4.HI/c1-29(2,3)25-13-11-23(12-14-25)21-28(30)32-20-8-7-19-31-26-15-17-27(18-16-26)33-22-24-9-5-4-6-10-24;/h4-6,9-18H,7-8,19-22H2,1-3H3;1H/q+1;/p-1. The highest BCUT2D eigenvalue weighted by molar-refractivity contribution is 5.72. The molecule has 3 aromatic carbocycles. The first-order valence-electron chi connectivity index (χ1n) is 11.4. The number of rotatable bonds is 12. The Bertz CT molecular complexity index is 984. The summed E-state index contributed by atoms with van der Waals surface area (Å²) in [5.74, 6) is 1.42. The van der Waals surface area contributed by atoms with Crippen LogP contribution in [0.1, 0.15) is 24.0 Å². The van der Waals surface area contributed by atoms with Crippen molar-refractivity contribution in [2.75, 3.05) is 34.4 Å². The SMILES string of the molecule is C[N+](C)(C)c1ccc(CC(=O)OCCCCOc2ccc(OCc3ccccc3)cc2)cc1.[I-]. The van der Waals surface area contributed by atoms with Crippen LogP contribution < -0.4 is 37.9 Å². The normalized spacial score (nSPS) is 10.8. The van der Waals surface area contributed by atoms with E-state index in [-0.39, 0.29) is 29.9 Å². The van der Waals surface area contributed by atoms with Crippen LogP contribution in [0.25, 0.3) is 0 Å². The Morgan fingerprint density at radius 2 is 1.29 bits per heavy atom. The molecule has 0 bridgehead atoms. The summed E-state index contributed by atoms with van der Waals surface area (Å²) >= 11 is 0. The van der Waals surface area contributed by atoms with E-state index in [0.717, 1.165) is 40.0 Å². The topological polar surface area (TPSA) is 44.8 Å². The van der Waals surface area contributed by atoms with Crippen molar-refractivity contribution in [3.63, 3.8) is 0 Å². The number of unbranched alkanes of at least 4 members (excludes halogenated alkanes) is 1. The minimum atomic E-state index is -0.194. The van der Waals surface area contributed by atoms with Crippen LogP contribution in [-0.2, 0) is 22.6 Å². The van der Waals surface area contributed by atoms with E-state index in [0.29, 0.717) is 26.2 Å². The zero-order valence-electron chi connectivity index (χ0n) is 20.2. The summed E-state index contributed by atoms with van der Waals surface area (Å²) in [6, 6.07) is 25.8. The Hall–Kier alpha value is -2.58. The molecule has 0 aliphatic carbocycles. The number of hydrogen-bond acceptors (Lipinski definition) is 4. The van der Waals surface area contributed by atoms with Gasteiger partial charge in [0.25, 0.3) is 0 Å². The average molecular weight is 575 g/mol. The summed E-state index contributed by atoms with van der Waals surface area (Å²) in [6.45, 7) is 1.53. The van der Waals surface area contributed by atoms with E-state index in [1.165, 1.54) is 5.69 Å². The van der Waals surface area contributed by atoms with Crippen molar-refractivity contribution in [3.8, 4) is 11.5 Å². The summed E-state index contributed by atoms with van der Waals surface area (Å²) in [7, 11) is 6.34. The van der Waals surface area contributed by atoms with Gasteiger partial charge in [0, 0.05) is 0 Å². The largest absolute Gasteiger partial charge is 1.00 e. The quantitative estimate of drug-likeness (QED) is 0.144. The highest BCUT2D eigenvalue weighted by Gasteiger charge is 2.12. The van der Waals surface area contributed by atoms with Crippen molar-refractivity contribution in [3.05, 3.63) is 90.0 Å². The summed E-state index contributed by atoms with van der Waals surface area (Å²) in [5, 5.41) is 0. The van der Waals surface area contributed by atoms with Gasteiger partial charge in [0.05, 0.1) is 40.8 Å². The molecule has 5 nitrogen and oxygen atoms in total. The second kappa shape index (κ2) is 14.0. The highest BCUT2D eigenvalue weighted by atomic mass is 127. The molecular formula is C28H34INO4. The van der Waals surface area contributed by atoms with Gasteiger partial charge in [-0.1, -0.05) is 42.5 Å². The molecular weight excluding hydrogens is 541 g/mol. The van der Waals surface area contributed by atoms with Crippen LogP contribution in [0.15, 0.2) is 78.9 Å². The van der Waals surface area contributed by atoms with Crippen LogP contribution in [0.4, 0.5) is 5.69 Å². The number of nitrogens with zero attached hydrogens (tertiary/aromatic N) is 1. The van der Waals surface area contributed by atoms with Gasteiger partial charge < -0.3 is 38.2 Å². The van der Waals surface area contributed by atoms with Gasteiger partial charge >= 0.3 is 5.97 Å². The van der Waals surface area contributed by atoms with Crippen molar-refractivity contribution in [2.45, 2.75) is 25.9 Å². The summed E-state index contributed by atoms with van der Waals surface area (Å²) < 4.78 is 17.7. The van der Waals surface area contributed by atoms with Gasteiger partial charge in [-0.05, 0) is 60.4 Å². The summed E-state index contributed by atoms with van der Waals surface area (Å²) in [5.41, 5.74) is 3.30. The van der Waals surface area contributed by atoms with Gasteiger partial charge in [0.2, 0.25) is 0 Å². The molecule has 0 fully saturated rings. The number of hydrogen-bond donors (Lipinski definition) is 0. The first-order valence-corrected chi connectivity index (χ1v) is 11.4. The van der Waals surface area contributed by atoms with E-state index in [2.05, 4.69) is 33.3 Å². The number of benzene rings is 3. The van der Waals surface area contributed by atoms with Crippen molar-refractivity contribution in [1.82, 2.24) is 4.48 Å². The van der Waals surface area contributed by atoms with Crippen molar-refractivity contribution in [2.24, 2.45) is 0 Å². The molecule has 0 aromatic heterocycles. The fourth-order valence-electron chi connectivity index (χ4n) is 3.23. The molecule has 0 aliphatic rings. The molecule has 182 valence electrons. The van der Waals surface area contributed by atoms with E-state index >= 15 is 0 Å². The predicted octanol–water partition coefficient (Wildman–Crippen LogP) is 2.41. The molecule has 0 N–H and O–H groups in total. The monoisotopic (exact) mass is 575 g/mol. The lowest BCUT2D eigenvalue weighted by atomic mass is 10.1. The molecule has 0 heterocycles. The minimum Gasteiger partial charge on any atom is -1.00 e. The molecule has 0 aliphatic heterocycles. The van der Waals surface area contributed by atoms with E-state index in [4.69, 9.17) is 14.2 Å². The maximum Gasteiger partial charge on any atom is 0.310 e. The lowest BCUT2D eigenvalue weighted by Gasteiger charge is -2.23. The van der Waals surface area contributed by atoms with Crippen molar-refractivity contribution in [1.29, 1.82) is 0 Å². The molecule has 34 heavy (non-hydrogen) atoms. The zero-order chi connectivity index (χ0) is 23.5. The summed E-state index contributed by atoms with van der Waals surface area (Å²) in [4.78, 5) is 12.1.